The molecule has 4 rings (SSSR count). The summed E-state index contributed by atoms with van der Waals surface area (Å²) in [5.74, 6) is 0.216. The molecule has 0 unspecified atom stereocenters. The molecule has 0 radical (unpaired) electrons. The fourth-order valence-electron chi connectivity index (χ4n) is 4.45. The largest absolute Gasteiger partial charge is 0.619 e. The third kappa shape index (κ3) is 4.99. The highest BCUT2D eigenvalue weighted by atomic mass is 32.1. The third-order valence-corrected chi connectivity index (χ3v) is 7.09. The molecule has 1 saturated heterocycles. The van der Waals surface area contributed by atoms with E-state index in [9.17, 15) is 14.8 Å². The molecule has 1 aromatic carbocycles. The van der Waals surface area contributed by atoms with E-state index in [4.69, 9.17) is 0 Å². The summed E-state index contributed by atoms with van der Waals surface area (Å²) in [7, 11) is 1.89. The molecule has 0 N–H and O–H groups in total. The lowest BCUT2D eigenvalue weighted by molar-refractivity contribution is -0.605. The zero-order chi connectivity index (χ0) is 22.5. The molecule has 0 saturated carbocycles. The van der Waals surface area contributed by atoms with Crippen LogP contribution in [-0.4, -0.2) is 47.8 Å². The lowest BCUT2D eigenvalue weighted by Gasteiger charge is -2.40. The van der Waals surface area contributed by atoms with Crippen LogP contribution in [0.25, 0.3) is 0 Å². The number of carbonyl (C=O) groups excluding carboxylic acids is 2. The first-order chi connectivity index (χ1) is 15.5. The number of likely N-dealkylation sites (tertiary alicyclic amines) is 1. The molecular weight excluding hydrogens is 422 g/mol. The van der Waals surface area contributed by atoms with Crippen LogP contribution in [0.4, 0.5) is 0 Å². The van der Waals surface area contributed by atoms with Crippen molar-refractivity contribution in [2.45, 2.75) is 25.3 Å². The predicted molar refractivity (Wildman–Crippen MR) is 124 cm³/mol. The third-order valence-electron chi connectivity index (χ3n) is 6.23. The molecule has 1 fully saturated rings. The van der Waals surface area contributed by atoms with Crippen LogP contribution in [-0.2, 0) is 6.42 Å². The zero-order valence-electron chi connectivity index (χ0n) is 18.1. The van der Waals surface area contributed by atoms with Crippen molar-refractivity contribution in [3.63, 3.8) is 0 Å². The summed E-state index contributed by atoms with van der Waals surface area (Å²) < 4.78 is 0.654. The number of likely N-dealkylation sites (N-methyl/N-ethyl adjacent to an activating group) is 1. The number of amides is 2. The summed E-state index contributed by atoms with van der Waals surface area (Å²) in [6.07, 6.45) is 5.10. The van der Waals surface area contributed by atoms with Crippen LogP contribution in [0.15, 0.2) is 72.4 Å². The van der Waals surface area contributed by atoms with Crippen LogP contribution < -0.4 is 4.73 Å². The van der Waals surface area contributed by atoms with E-state index in [1.165, 1.54) is 29.3 Å². The summed E-state index contributed by atoms with van der Waals surface area (Å²) in [5, 5.41) is 13.5. The number of carbonyl (C=O) groups is 2. The molecule has 1 aliphatic rings. The minimum Gasteiger partial charge on any atom is -0.619 e. The van der Waals surface area contributed by atoms with Gasteiger partial charge in [-0.2, -0.15) is 4.73 Å². The topological polar surface area (TPSA) is 67.6 Å². The van der Waals surface area contributed by atoms with Gasteiger partial charge in [0.1, 0.15) is 5.56 Å². The van der Waals surface area contributed by atoms with E-state index in [1.54, 1.807) is 12.1 Å². The van der Waals surface area contributed by atoms with Gasteiger partial charge in [-0.1, -0.05) is 36.4 Å². The Morgan fingerprint density at radius 3 is 2.53 bits per heavy atom. The number of hydrogen-bond donors (Lipinski definition) is 0. The van der Waals surface area contributed by atoms with Gasteiger partial charge >= 0.3 is 0 Å². The first-order valence-corrected chi connectivity index (χ1v) is 11.7. The van der Waals surface area contributed by atoms with Crippen LogP contribution in [0.1, 0.15) is 38.4 Å². The molecule has 2 amide bonds. The van der Waals surface area contributed by atoms with Crippen molar-refractivity contribution in [3.05, 3.63) is 93.6 Å². The van der Waals surface area contributed by atoms with Crippen molar-refractivity contribution >= 4 is 23.2 Å². The first kappa shape index (κ1) is 22.0. The maximum Gasteiger partial charge on any atom is 0.263 e. The molecule has 0 bridgehead atoms. The lowest BCUT2D eigenvalue weighted by atomic mass is 9.84. The Bertz CT molecular complexity index is 1050. The van der Waals surface area contributed by atoms with Gasteiger partial charge < -0.3 is 15.0 Å². The van der Waals surface area contributed by atoms with Gasteiger partial charge in [-0.25, -0.2) is 0 Å². The molecule has 3 aromatic rings. The fraction of sp³-hybridized carbons (Fsp3) is 0.320. The summed E-state index contributed by atoms with van der Waals surface area (Å²) in [6, 6.07) is 17.3. The van der Waals surface area contributed by atoms with Gasteiger partial charge in [-0.15, -0.1) is 11.3 Å². The standard InChI is InChI=1S/C25H27N3O3S/c1-26(25(30)23-10-6-16-32-23)22(17-19-7-3-2-4-8-19)20-11-14-27(15-12-20)24(29)21-9-5-13-28(31)18-21/h2-10,13,16,18,20,22H,11-12,14-15,17H2,1H3/t22-/m1/s1. The van der Waals surface area contributed by atoms with Gasteiger partial charge in [-0.3, -0.25) is 9.59 Å². The molecule has 166 valence electrons. The van der Waals surface area contributed by atoms with Crippen molar-refractivity contribution in [2.75, 3.05) is 20.1 Å². The first-order valence-electron chi connectivity index (χ1n) is 10.9. The number of rotatable bonds is 6. The van der Waals surface area contributed by atoms with Crippen molar-refractivity contribution in [1.82, 2.24) is 9.80 Å². The summed E-state index contributed by atoms with van der Waals surface area (Å²) >= 11 is 1.46. The zero-order valence-corrected chi connectivity index (χ0v) is 18.9. The molecule has 32 heavy (non-hydrogen) atoms. The van der Waals surface area contributed by atoms with Gasteiger partial charge in [0, 0.05) is 32.2 Å². The van der Waals surface area contributed by atoms with E-state index in [1.807, 2.05) is 52.6 Å². The summed E-state index contributed by atoms with van der Waals surface area (Å²) in [5.41, 5.74) is 1.61. The number of pyridine rings is 1. The van der Waals surface area contributed by atoms with Crippen molar-refractivity contribution in [1.29, 1.82) is 0 Å². The smallest absolute Gasteiger partial charge is 0.263 e. The maximum atomic E-state index is 13.1. The Labute approximate surface area is 192 Å². The average Bonchev–Trinajstić information content (AvgIpc) is 3.37. The Morgan fingerprint density at radius 1 is 1.12 bits per heavy atom. The highest BCUT2D eigenvalue weighted by Gasteiger charge is 2.33. The lowest BCUT2D eigenvalue weighted by Crippen LogP contribution is -2.48. The van der Waals surface area contributed by atoms with Crippen molar-refractivity contribution in [3.8, 4) is 0 Å². The molecule has 6 nitrogen and oxygen atoms in total. The number of nitrogens with zero attached hydrogens (tertiary/aromatic N) is 3. The molecule has 0 aliphatic carbocycles. The molecule has 0 spiro atoms. The molecule has 1 aliphatic heterocycles. The highest BCUT2D eigenvalue weighted by molar-refractivity contribution is 7.12. The van der Waals surface area contributed by atoms with Crippen molar-refractivity contribution in [2.24, 2.45) is 5.92 Å². The quantitative estimate of drug-likeness (QED) is 0.426. The van der Waals surface area contributed by atoms with E-state index in [-0.39, 0.29) is 23.8 Å². The summed E-state index contributed by atoms with van der Waals surface area (Å²) in [4.78, 5) is 30.4. The van der Waals surface area contributed by atoms with E-state index >= 15 is 0 Å². The number of piperidine rings is 1. The van der Waals surface area contributed by atoms with Gasteiger partial charge in [0.25, 0.3) is 11.8 Å². The molecule has 2 aromatic heterocycles. The Balaban J connectivity index is 1.48. The van der Waals surface area contributed by atoms with Gasteiger partial charge in [0.15, 0.2) is 12.4 Å². The SMILES string of the molecule is CN(C(=O)c1cccs1)[C@H](Cc1ccccc1)C1CCN(C(=O)c2ccc[n+]([O-])c2)CC1. The Morgan fingerprint density at radius 2 is 1.88 bits per heavy atom. The molecule has 3 heterocycles. The molecule has 1 atom stereocenters. The predicted octanol–water partition coefficient (Wildman–Crippen LogP) is 3.62. The number of benzene rings is 1. The van der Waals surface area contributed by atoms with Crippen LogP contribution in [0.3, 0.4) is 0 Å². The van der Waals surface area contributed by atoms with Crippen LogP contribution in [0.5, 0.6) is 0 Å². The van der Waals surface area contributed by atoms with E-state index in [2.05, 4.69) is 12.1 Å². The molecular formula is C25H27N3O3S. The van der Waals surface area contributed by atoms with Gasteiger partial charge in [-0.05, 0) is 48.3 Å². The number of hydrogen-bond acceptors (Lipinski definition) is 4. The number of thiophene rings is 1. The highest BCUT2D eigenvalue weighted by Crippen LogP contribution is 2.28. The van der Waals surface area contributed by atoms with Crippen molar-refractivity contribution < 1.29 is 14.3 Å². The van der Waals surface area contributed by atoms with Crippen LogP contribution >= 0.6 is 11.3 Å². The van der Waals surface area contributed by atoms with Gasteiger partial charge in [0.05, 0.1) is 4.88 Å². The second-order valence-corrected chi connectivity index (χ2v) is 9.18. The maximum absolute atomic E-state index is 13.1. The van der Waals surface area contributed by atoms with E-state index < -0.39 is 0 Å². The Hall–Kier alpha value is -3.19. The number of aromatic nitrogens is 1. The average molecular weight is 450 g/mol. The minimum atomic E-state index is -0.115. The second kappa shape index (κ2) is 9.96. The van der Waals surface area contributed by atoms with Crippen LogP contribution in [0, 0.1) is 11.1 Å². The minimum absolute atomic E-state index is 0.0451. The van der Waals surface area contributed by atoms with E-state index in [0.717, 1.165) is 24.1 Å². The van der Waals surface area contributed by atoms with E-state index in [0.29, 0.717) is 23.4 Å². The van der Waals surface area contributed by atoms with Gasteiger partial charge in [0.2, 0.25) is 0 Å². The van der Waals surface area contributed by atoms with Crippen LogP contribution in [0.2, 0.25) is 0 Å². The monoisotopic (exact) mass is 449 g/mol. The fourth-order valence-corrected chi connectivity index (χ4v) is 5.16. The summed E-state index contributed by atoms with van der Waals surface area (Å²) in [6.45, 7) is 1.23. The second-order valence-electron chi connectivity index (χ2n) is 8.23. The Kier molecular flexibility index (Phi) is 6.85. The normalized spacial score (nSPS) is 15.3. The molecule has 7 heteroatoms.